The fourth-order valence-electron chi connectivity index (χ4n) is 5.59. The summed E-state index contributed by atoms with van der Waals surface area (Å²) in [4.78, 5) is 0. The van der Waals surface area contributed by atoms with Gasteiger partial charge < -0.3 is 9.47 Å². The van der Waals surface area contributed by atoms with Crippen molar-refractivity contribution in [2.75, 3.05) is 14.2 Å². The summed E-state index contributed by atoms with van der Waals surface area (Å²) in [5, 5.41) is 0. The first-order chi connectivity index (χ1) is 12.8. The molecule has 0 aromatic heterocycles. The lowest BCUT2D eigenvalue weighted by molar-refractivity contribution is 0.215. The zero-order valence-electron chi connectivity index (χ0n) is 16.2. The highest BCUT2D eigenvalue weighted by atomic mass is 16.5. The minimum atomic E-state index is 0.587. The maximum Gasteiger partial charge on any atom is 0.119 e. The van der Waals surface area contributed by atoms with Gasteiger partial charge in [-0.15, -0.1) is 0 Å². The summed E-state index contributed by atoms with van der Waals surface area (Å²) in [7, 11) is 3.52. The average molecular weight is 351 g/mol. The number of hydrogen-bond acceptors (Lipinski definition) is 2. The SMILES string of the molecule is CCC1c2ccc(OC)cc2C2CCCCC2C1c1ccc(OC)cc1. The molecule has 2 aromatic rings. The van der Waals surface area contributed by atoms with E-state index in [0.717, 1.165) is 17.4 Å². The third-order valence-corrected chi connectivity index (χ3v) is 6.75. The lowest BCUT2D eigenvalue weighted by Crippen LogP contribution is -2.33. The number of fused-ring (bicyclic) bond motifs is 3. The van der Waals surface area contributed by atoms with Crippen molar-refractivity contribution in [2.24, 2.45) is 5.92 Å². The minimum Gasteiger partial charge on any atom is -0.497 e. The van der Waals surface area contributed by atoms with E-state index in [-0.39, 0.29) is 0 Å². The van der Waals surface area contributed by atoms with Gasteiger partial charge in [-0.2, -0.15) is 0 Å². The number of rotatable bonds is 4. The largest absolute Gasteiger partial charge is 0.497 e. The molecular formula is C24H30O2. The van der Waals surface area contributed by atoms with Crippen LogP contribution < -0.4 is 9.47 Å². The van der Waals surface area contributed by atoms with Crippen molar-refractivity contribution >= 4 is 0 Å². The van der Waals surface area contributed by atoms with Gasteiger partial charge in [0.2, 0.25) is 0 Å². The van der Waals surface area contributed by atoms with Gasteiger partial charge in [-0.05, 0) is 83.9 Å². The first kappa shape index (κ1) is 17.5. The summed E-state index contributed by atoms with van der Waals surface area (Å²) in [5.41, 5.74) is 4.60. The molecule has 0 aliphatic heterocycles. The Labute approximate surface area is 157 Å². The van der Waals surface area contributed by atoms with Crippen LogP contribution in [0.5, 0.6) is 11.5 Å². The van der Waals surface area contributed by atoms with E-state index in [1.165, 1.54) is 37.7 Å². The smallest absolute Gasteiger partial charge is 0.119 e. The third-order valence-electron chi connectivity index (χ3n) is 6.75. The van der Waals surface area contributed by atoms with Crippen LogP contribution in [0.1, 0.15) is 73.5 Å². The molecule has 4 rings (SSSR count). The fraction of sp³-hybridized carbons (Fsp3) is 0.500. The monoisotopic (exact) mass is 350 g/mol. The summed E-state index contributed by atoms with van der Waals surface area (Å²) < 4.78 is 10.9. The van der Waals surface area contributed by atoms with E-state index in [4.69, 9.17) is 9.47 Å². The van der Waals surface area contributed by atoms with Crippen molar-refractivity contribution in [3.8, 4) is 11.5 Å². The molecule has 4 unspecified atom stereocenters. The van der Waals surface area contributed by atoms with Crippen LogP contribution in [-0.4, -0.2) is 14.2 Å². The van der Waals surface area contributed by atoms with Crippen molar-refractivity contribution in [2.45, 2.75) is 56.8 Å². The molecular weight excluding hydrogens is 320 g/mol. The standard InChI is InChI=1S/C24H30O2/c1-4-19-21-14-13-18(26-3)15-23(21)20-7-5-6-8-22(20)24(19)16-9-11-17(25-2)12-10-16/h9-15,19-20,22,24H,4-8H2,1-3H3. The van der Waals surface area contributed by atoms with Crippen LogP contribution in [0.25, 0.3) is 0 Å². The van der Waals surface area contributed by atoms with Gasteiger partial charge in [0.15, 0.2) is 0 Å². The fourth-order valence-corrected chi connectivity index (χ4v) is 5.59. The topological polar surface area (TPSA) is 18.5 Å². The highest BCUT2D eigenvalue weighted by Crippen LogP contribution is 2.57. The lowest BCUT2D eigenvalue weighted by Gasteiger charge is -2.47. The molecule has 2 aliphatic rings. The van der Waals surface area contributed by atoms with E-state index in [9.17, 15) is 0 Å². The molecule has 0 amide bonds. The molecule has 2 heteroatoms. The van der Waals surface area contributed by atoms with E-state index >= 15 is 0 Å². The summed E-state index contributed by atoms with van der Waals surface area (Å²) >= 11 is 0. The molecule has 0 N–H and O–H groups in total. The van der Waals surface area contributed by atoms with Crippen LogP contribution >= 0.6 is 0 Å². The molecule has 0 spiro atoms. The summed E-state index contributed by atoms with van der Waals surface area (Å²) in [6.45, 7) is 2.35. The molecule has 4 atom stereocenters. The Hall–Kier alpha value is -1.96. The van der Waals surface area contributed by atoms with E-state index in [0.29, 0.717) is 17.8 Å². The van der Waals surface area contributed by atoms with Gasteiger partial charge in [0, 0.05) is 0 Å². The predicted octanol–water partition coefficient (Wildman–Crippen LogP) is 6.27. The highest BCUT2D eigenvalue weighted by Gasteiger charge is 2.43. The first-order valence-corrected chi connectivity index (χ1v) is 10.1. The van der Waals surface area contributed by atoms with Gasteiger partial charge in [0.05, 0.1) is 14.2 Å². The molecule has 0 bridgehead atoms. The van der Waals surface area contributed by atoms with Crippen molar-refractivity contribution in [3.63, 3.8) is 0 Å². The lowest BCUT2D eigenvalue weighted by atomic mass is 9.57. The average Bonchev–Trinajstić information content (AvgIpc) is 2.72. The van der Waals surface area contributed by atoms with Gasteiger partial charge in [-0.1, -0.05) is 38.0 Å². The van der Waals surface area contributed by atoms with E-state index in [2.05, 4.69) is 49.4 Å². The second-order valence-corrected chi connectivity index (χ2v) is 7.86. The van der Waals surface area contributed by atoms with E-state index in [1.54, 1.807) is 25.3 Å². The van der Waals surface area contributed by atoms with Crippen molar-refractivity contribution in [1.82, 2.24) is 0 Å². The number of ether oxygens (including phenoxy) is 2. The van der Waals surface area contributed by atoms with Gasteiger partial charge >= 0.3 is 0 Å². The van der Waals surface area contributed by atoms with Crippen LogP contribution in [0.2, 0.25) is 0 Å². The molecule has 2 aliphatic carbocycles. The van der Waals surface area contributed by atoms with Crippen molar-refractivity contribution in [1.29, 1.82) is 0 Å². The van der Waals surface area contributed by atoms with Gasteiger partial charge in [0.25, 0.3) is 0 Å². The van der Waals surface area contributed by atoms with Crippen LogP contribution in [0.4, 0.5) is 0 Å². The maximum absolute atomic E-state index is 5.55. The molecule has 1 saturated carbocycles. The Morgan fingerprint density at radius 2 is 1.54 bits per heavy atom. The first-order valence-electron chi connectivity index (χ1n) is 10.1. The Morgan fingerprint density at radius 1 is 0.846 bits per heavy atom. The summed E-state index contributed by atoms with van der Waals surface area (Å²) in [5.74, 6) is 4.56. The maximum atomic E-state index is 5.55. The Balaban J connectivity index is 1.81. The molecule has 0 radical (unpaired) electrons. The third kappa shape index (κ3) is 2.90. The zero-order chi connectivity index (χ0) is 18.1. The highest BCUT2D eigenvalue weighted by molar-refractivity contribution is 5.46. The minimum absolute atomic E-state index is 0.587. The molecule has 2 aromatic carbocycles. The van der Waals surface area contributed by atoms with Gasteiger partial charge in [0.1, 0.15) is 11.5 Å². The van der Waals surface area contributed by atoms with E-state index in [1.807, 2.05) is 0 Å². The van der Waals surface area contributed by atoms with Gasteiger partial charge in [-0.25, -0.2) is 0 Å². The summed E-state index contributed by atoms with van der Waals surface area (Å²) in [6, 6.07) is 15.7. The molecule has 138 valence electrons. The molecule has 1 fully saturated rings. The summed E-state index contributed by atoms with van der Waals surface area (Å²) in [6.07, 6.45) is 6.55. The molecule has 2 nitrogen and oxygen atoms in total. The number of methoxy groups -OCH3 is 2. The van der Waals surface area contributed by atoms with Crippen LogP contribution in [0.3, 0.4) is 0 Å². The quantitative estimate of drug-likeness (QED) is 0.647. The number of benzene rings is 2. The second-order valence-electron chi connectivity index (χ2n) is 7.86. The molecule has 26 heavy (non-hydrogen) atoms. The normalized spacial score (nSPS) is 27.3. The Kier molecular flexibility index (Phi) is 4.93. The Bertz CT molecular complexity index is 749. The zero-order valence-corrected chi connectivity index (χ0v) is 16.2. The van der Waals surface area contributed by atoms with Gasteiger partial charge in [-0.3, -0.25) is 0 Å². The second kappa shape index (κ2) is 7.34. The van der Waals surface area contributed by atoms with Crippen LogP contribution in [0, 0.1) is 5.92 Å². The Morgan fingerprint density at radius 3 is 2.23 bits per heavy atom. The van der Waals surface area contributed by atoms with E-state index < -0.39 is 0 Å². The number of hydrogen-bond donors (Lipinski definition) is 0. The van der Waals surface area contributed by atoms with Crippen molar-refractivity contribution in [3.05, 3.63) is 59.2 Å². The predicted molar refractivity (Wildman–Crippen MR) is 106 cm³/mol. The molecule has 0 heterocycles. The molecule has 0 saturated heterocycles. The van der Waals surface area contributed by atoms with Crippen LogP contribution in [0.15, 0.2) is 42.5 Å². The van der Waals surface area contributed by atoms with Crippen LogP contribution in [-0.2, 0) is 0 Å². The van der Waals surface area contributed by atoms with Crippen molar-refractivity contribution < 1.29 is 9.47 Å².